The monoisotopic (exact) mass is 1260 g/mol. The number of piperazine rings is 1. The molecule has 0 saturated carbocycles. The molecular formula is C64H94N8O18. The van der Waals surface area contributed by atoms with Gasteiger partial charge in [0.2, 0.25) is 17.7 Å². The van der Waals surface area contributed by atoms with Crippen LogP contribution in [0.15, 0.2) is 72.4 Å². The number of anilines is 1. The molecule has 2 saturated heterocycles. The van der Waals surface area contributed by atoms with Gasteiger partial charge >= 0.3 is 30.2 Å². The first kappa shape index (κ1) is 73.1. The number of carbonyl (C=O) groups is 10. The molecule has 0 radical (unpaired) electrons. The van der Waals surface area contributed by atoms with Gasteiger partial charge in [-0.3, -0.25) is 38.5 Å². The first-order chi connectivity index (χ1) is 42.5. The van der Waals surface area contributed by atoms with Gasteiger partial charge in [-0.1, -0.05) is 77.5 Å². The van der Waals surface area contributed by atoms with Gasteiger partial charge < -0.3 is 75.8 Å². The van der Waals surface area contributed by atoms with Crippen LogP contribution < -0.4 is 27.0 Å². The van der Waals surface area contributed by atoms with Crippen molar-refractivity contribution in [3.63, 3.8) is 0 Å². The molecule has 26 heteroatoms. The number of hydrogen-bond acceptors (Lipinski definition) is 18. The molecule has 2 fully saturated rings. The summed E-state index contributed by atoms with van der Waals surface area (Å²) < 4.78 is 29.3. The van der Waals surface area contributed by atoms with E-state index in [1.54, 1.807) is 96.2 Å². The molecule has 26 nitrogen and oxygen atoms in total. The number of aliphatic hydroxyl groups excluding tert-OH is 2. The van der Waals surface area contributed by atoms with Gasteiger partial charge in [-0.25, -0.2) is 14.4 Å². The van der Waals surface area contributed by atoms with E-state index >= 15 is 0 Å². The van der Waals surface area contributed by atoms with Crippen LogP contribution in [0.1, 0.15) is 139 Å². The number of nitrogens with one attached hydrogen (secondary N) is 4. The summed E-state index contributed by atoms with van der Waals surface area (Å²) >= 11 is 0. The fraction of sp³-hybridized carbons (Fsp3) is 0.625. The molecule has 1 aromatic rings. The van der Waals surface area contributed by atoms with Crippen molar-refractivity contribution in [2.75, 3.05) is 44.6 Å². The zero-order valence-electron chi connectivity index (χ0n) is 53.3. The molecule has 5 rings (SSSR count). The summed E-state index contributed by atoms with van der Waals surface area (Å²) in [7, 11) is 0. The number of amides is 9. The first-order valence-electron chi connectivity index (χ1n) is 31.1. The number of esters is 2. The largest absolute Gasteiger partial charge is 0.457 e. The summed E-state index contributed by atoms with van der Waals surface area (Å²) in [5.74, 6) is -4.64. The van der Waals surface area contributed by atoms with Crippen LogP contribution in [0.2, 0.25) is 0 Å². The van der Waals surface area contributed by atoms with Crippen molar-refractivity contribution < 1.29 is 86.9 Å². The van der Waals surface area contributed by atoms with Crippen LogP contribution in [0.3, 0.4) is 0 Å². The Labute approximate surface area is 526 Å². The summed E-state index contributed by atoms with van der Waals surface area (Å²) in [6, 6.07) is 3.59. The molecule has 9 amide bonds. The zero-order valence-corrected chi connectivity index (χ0v) is 53.3. The van der Waals surface area contributed by atoms with Crippen molar-refractivity contribution in [3.05, 3.63) is 77.9 Å². The number of rotatable bonds is 28. The van der Waals surface area contributed by atoms with Crippen LogP contribution in [-0.4, -0.2) is 189 Å². The molecule has 9 N–H and O–H groups in total. The third kappa shape index (κ3) is 23.3. The number of aliphatic hydroxyl groups is 3. The molecule has 0 aliphatic carbocycles. The number of benzene rings is 1. The number of urea groups is 1. The second kappa shape index (κ2) is 34.5. The molecular weight excluding hydrogens is 1170 g/mol. The van der Waals surface area contributed by atoms with E-state index in [0.717, 1.165) is 4.90 Å². The summed E-state index contributed by atoms with van der Waals surface area (Å²) in [5.41, 5.74) is 3.99. The quantitative estimate of drug-likeness (QED) is 0.0107. The van der Waals surface area contributed by atoms with Gasteiger partial charge in [0.15, 0.2) is 6.10 Å². The van der Waals surface area contributed by atoms with E-state index in [0.29, 0.717) is 48.9 Å². The lowest BCUT2D eigenvalue weighted by Gasteiger charge is -2.38. The molecule has 4 aliphatic heterocycles. The van der Waals surface area contributed by atoms with Crippen LogP contribution in [0, 0.1) is 17.8 Å². The highest BCUT2D eigenvalue weighted by Gasteiger charge is 2.47. The third-order valence-corrected chi connectivity index (χ3v) is 16.4. The van der Waals surface area contributed by atoms with Crippen molar-refractivity contribution in [3.8, 4) is 0 Å². The van der Waals surface area contributed by atoms with E-state index in [4.69, 9.17) is 29.4 Å². The molecule has 12 atom stereocenters. The molecule has 4 aliphatic rings. The lowest BCUT2D eigenvalue weighted by Crippen LogP contribution is -2.54. The maximum Gasteiger partial charge on any atom is 0.410 e. The standard InChI is InChI=1S/C64H94N8O18/c1-10-48(75)42(6)57-49(87-57)37-63(8,85)28-14-16-40(4)56-41(5)19-24-50(64(9,90-43(7)73)29-27-46(74)36-54(79)89-56)88-62(84)71-34-32-70(33-35-71)61(83)86-38-44-20-22-45(23-21-44)67-58(80)47(17-15-30-66-60(65)82)68-59(81)55(39(2)3)69-51(76)18-12-11-13-31-72-52(77)25-26-53(72)78/h14,16,19-26,28,39,41-42,46-50,55-57,74-75,85H,10-13,15,17-18,27,29-38H2,1-9H3,(H,67,80)(H,68,81)(H,69,76)(H3,65,66,82)/b24-19-,28-14+,40-16+/t41-,42+,46+,47-,48-,49+,50-,55-,56+,57+,63-,64+/m0/s1. The molecule has 4 heterocycles. The van der Waals surface area contributed by atoms with Gasteiger partial charge in [0.1, 0.15) is 30.4 Å². The lowest BCUT2D eigenvalue weighted by molar-refractivity contribution is -0.168. The number of hydrogen-bond donors (Lipinski definition) is 8. The van der Waals surface area contributed by atoms with Gasteiger partial charge in [-0.15, -0.1) is 0 Å². The van der Waals surface area contributed by atoms with E-state index in [1.165, 1.54) is 28.9 Å². The van der Waals surface area contributed by atoms with E-state index in [1.807, 2.05) is 13.8 Å². The van der Waals surface area contributed by atoms with Gasteiger partial charge in [-0.05, 0) is 101 Å². The minimum Gasteiger partial charge on any atom is -0.457 e. The summed E-state index contributed by atoms with van der Waals surface area (Å²) in [4.78, 5) is 132. The van der Waals surface area contributed by atoms with Crippen LogP contribution >= 0.6 is 0 Å². The fourth-order valence-electron chi connectivity index (χ4n) is 10.8. The number of carbonyl (C=O) groups excluding carboxylic acids is 10. The van der Waals surface area contributed by atoms with Crippen molar-refractivity contribution >= 4 is 65.4 Å². The Morgan fingerprint density at radius 2 is 1.56 bits per heavy atom. The van der Waals surface area contributed by atoms with Crippen LogP contribution in [0.25, 0.3) is 0 Å². The topological polar surface area (TPSA) is 365 Å². The third-order valence-electron chi connectivity index (χ3n) is 16.4. The molecule has 0 bridgehead atoms. The Morgan fingerprint density at radius 1 is 0.900 bits per heavy atom. The number of primary amides is 1. The molecule has 0 unspecified atom stereocenters. The highest BCUT2D eigenvalue weighted by atomic mass is 16.6. The second-order valence-corrected chi connectivity index (χ2v) is 24.5. The normalized spacial score (nSPS) is 24.7. The average molecular weight is 1260 g/mol. The van der Waals surface area contributed by atoms with E-state index in [-0.39, 0.29) is 126 Å². The smallest absolute Gasteiger partial charge is 0.410 e. The fourth-order valence-corrected chi connectivity index (χ4v) is 10.8. The number of unbranched alkanes of at least 4 members (excludes halogenated alkanes) is 2. The maximum atomic E-state index is 14.0. The van der Waals surface area contributed by atoms with E-state index in [9.17, 15) is 63.3 Å². The maximum absolute atomic E-state index is 14.0. The average Bonchev–Trinajstić information content (AvgIpc) is 1.73. The Morgan fingerprint density at radius 3 is 2.18 bits per heavy atom. The van der Waals surface area contributed by atoms with Crippen LogP contribution in [-0.2, 0) is 63.9 Å². The SMILES string of the molecule is CC[C@H](O)[C@@H](C)[C@H]1O[C@@H]1C[C@@](C)(O)/C=C/C=C(\C)[C@H]1OC(=O)C[C@H](O)CC[C@@](C)(OC(C)=O)[C@@H](OC(=O)N2CCN(C(=O)OCc3ccc(NC(=O)[C@H](CCCNC(N)=O)NC(=O)[C@@H](NC(=O)CCCCCN4C(=O)C=CC4=O)C(C)C)cc3)CC2)/C=C\[C@@H]1C. The Hall–Kier alpha value is -7.68. The minimum absolute atomic E-state index is 0.00532. The summed E-state index contributed by atoms with van der Waals surface area (Å²) in [5, 5.41) is 43.2. The lowest BCUT2D eigenvalue weighted by atomic mass is 9.88. The number of allylic oxidation sites excluding steroid dienone is 2. The van der Waals surface area contributed by atoms with Gasteiger partial charge in [0, 0.05) is 88.7 Å². The molecule has 1 aromatic carbocycles. The summed E-state index contributed by atoms with van der Waals surface area (Å²) in [6.45, 7) is 15.8. The molecule has 0 spiro atoms. The highest BCUT2D eigenvalue weighted by Crippen LogP contribution is 2.38. The van der Waals surface area contributed by atoms with Crippen molar-refractivity contribution in [1.82, 2.24) is 30.7 Å². The second-order valence-electron chi connectivity index (χ2n) is 24.5. The minimum atomic E-state index is -1.50. The molecule has 90 heavy (non-hydrogen) atoms. The first-order valence-corrected chi connectivity index (χ1v) is 31.1. The van der Waals surface area contributed by atoms with Crippen LogP contribution in [0.5, 0.6) is 0 Å². The van der Waals surface area contributed by atoms with Crippen molar-refractivity contribution in [2.45, 2.75) is 199 Å². The highest BCUT2D eigenvalue weighted by molar-refractivity contribution is 6.12. The Balaban J connectivity index is 1.15. The number of nitrogens with two attached hydrogens (primary N) is 1. The van der Waals surface area contributed by atoms with Gasteiger partial charge in [0.25, 0.3) is 11.8 Å². The van der Waals surface area contributed by atoms with Crippen molar-refractivity contribution in [1.29, 1.82) is 0 Å². The predicted molar refractivity (Wildman–Crippen MR) is 329 cm³/mol. The number of imide groups is 1. The Kier molecular flexibility index (Phi) is 28.0. The zero-order chi connectivity index (χ0) is 66.5. The number of ether oxygens (including phenoxy) is 5. The summed E-state index contributed by atoms with van der Waals surface area (Å²) in [6.07, 6.45) is 7.59. The van der Waals surface area contributed by atoms with Gasteiger partial charge in [0.05, 0.1) is 36.4 Å². The van der Waals surface area contributed by atoms with Gasteiger partial charge in [-0.2, -0.15) is 0 Å². The Bertz CT molecular complexity index is 2780. The molecule has 498 valence electrons. The van der Waals surface area contributed by atoms with Crippen molar-refractivity contribution in [2.24, 2.45) is 23.5 Å². The number of nitrogens with zero attached hydrogens (tertiary/aromatic N) is 3. The van der Waals surface area contributed by atoms with E-state index in [2.05, 4.69) is 21.3 Å². The van der Waals surface area contributed by atoms with E-state index < -0.39 is 95.6 Å². The number of cyclic esters (lactones) is 1. The van der Waals surface area contributed by atoms with Crippen LogP contribution in [0.4, 0.5) is 20.1 Å². The number of epoxide rings is 1. The predicted octanol–water partition coefficient (Wildman–Crippen LogP) is 4.73. The molecule has 0 aromatic heterocycles.